The molecular formula is C33H24FN2O+. The fourth-order valence-electron chi connectivity index (χ4n) is 4.87. The summed E-state index contributed by atoms with van der Waals surface area (Å²) in [7, 11) is 1.43. The molecule has 4 heteroatoms. The molecule has 2 heterocycles. The van der Waals surface area contributed by atoms with E-state index in [1.54, 1.807) is 13.0 Å². The molecule has 0 fully saturated rings. The van der Waals surface area contributed by atoms with Crippen LogP contribution in [-0.4, -0.2) is 0 Å². The number of nitriles is 1. The van der Waals surface area contributed by atoms with Crippen LogP contribution in [0.4, 0.5) is 4.39 Å². The molecule has 0 unspecified atom stereocenters. The van der Waals surface area contributed by atoms with Crippen LogP contribution in [0.1, 0.15) is 23.5 Å². The van der Waals surface area contributed by atoms with Gasteiger partial charge in [-0.05, 0) is 42.1 Å². The lowest BCUT2D eigenvalue weighted by Crippen LogP contribution is -2.31. The number of aromatic nitrogens is 1. The minimum absolute atomic E-state index is 0.0166. The summed E-state index contributed by atoms with van der Waals surface area (Å²) < 4.78 is 63.0. The quantitative estimate of drug-likeness (QED) is 0.237. The zero-order valence-corrected chi connectivity index (χ0v) is 20.2. The second kappa shape index (κ2) is 8.72. The highest BCUT2D eigenvalue weighted by molar-refractivity contribution is 6.12. The van der Waals surface area contributed by atoms with Crippen LogP contribution in [0.15, 0.2) is 95.5 Å². The Labute approximate surface area is 221 Å². The van der Waals surface area contributed by atoms with Crippen molar-refractivity contribution < 1.29 is 20.2 Å². The predicted octanol–water partition coefficient (Wildman–Crippen LogP) is 8.04. The Balaban J connectivity index is 1.58. The molecule has 0 aliphatic heterocycles. The molecule has 178 valence electrons. The number of pyridine rings is 1. The van der Waals surface area contributed by atoms with Gasteiger partial charge in [0.2, 0.25) is 5.69 Å². The number of hydrogen-bond donors (Lipinski definition) is 0. The van der Waals surface area contributed by atoms with Crippen LogP contribution < -0.4 is 4.57 Å². The summed E-state index contributed by atoms with van der Waals surface area (Å²) in [6.07, 6.45) is -0.551. The normalized spacial score (nSPS) is 13.5. The Morgan fingerprint density at radius 3 is 2.27 bits per heavy atom. The summed E-state index contributed by atoms with van der Waals surface area (Å²) in [5.74, 6) is -1.26. The van der Waals surface area contributed by atoms with E-state index in [0.717, 1.165) is 16.7 Å². The zero-order valence-electron chi connectivity index (χ0n) is 25.2. The second-order valence-electron chi connectivity index (χ2n) is 8.99. The van der Waals surface area contributed by atoms with Crippen LogP contribution in [-0.2, 0) is 7.05 Å². The number of halogens is 1. The number of benzene rings is 4. The van der Waals surface area contributed by atoms with Crippen molar-refractivity contribution in [2.75, 3.05) is 0 Å². The van der Waals surface area contributed by atoms with E-state index in [0.29, 0.717) is 44.2 Å². The highest BCUT2D eigenvalue weighted by atomic mass is 19.1. The van der Waals surface area contributed by atoms with Crippen LogP contribution in [0.25, 0.3) is 55.4 Å². The first-order chi connectivity index (χ1) is 20.0. The standard InChI is InChI=1S/C33H24FN2O/c1-20-9-14-27-26-16-15-25(24-12-10-23(11-13-24)22-7-5-4-6-8-22)28(18-35)32(26)37-33(27)31(20)30-17-29(34)21(2)19-36(30)3/h4-17,19H,1-3H3/q+1/i2D3,17D,19D. The molecule has 2 aromatic heterocycles. The smallest absolute Gasteiger partial charge is 0.219 e. The molecule has 0 saturated heterocycles. The van der Waals surface area contributed by atoms with E-state index in [-0.39, 0.29) is 5.69 Å². The van der Waals surface area contributed by atoms with Crippen molar-refractivity contribution in [2.45, 2.75) is 13.8 Å². The van der Waals surface area contributed by atoms with Gasteiger partial charge in [-0.25, -0.2) is 8.96 Å². The number of nitrogens with zero attached hydrogens (tertiary/aromatic N) is 2. The third-order valence-electron chi connectivity index (χ3n) is 6.73. The lowest BCUT2D eigenvalue weighted by atomic mass is 9.95. The van der Waals surface area contributed by atoms with Gasteiger partial charge in [-0.2, -0.15) is 5.26 Å². The third kappa shape index (κ3) is 3.68. The molecule has 0 spiro atoms. The summed E-state index contributed by atoms with van der Waals surface area (Å²) in [6.45, 7) is -1.13. The molecule has 0 saturated carbocycles. The Bertz CT molecular complexity index is 2050. The van der Waals surface area contributed by atoms with Crippen LogP contribution >= 0.6 is 0 Å². The van der Waals surface area contributed by atoms with Gasteiger partial charge in [0.05, 0.1) is 6.93 Å². The van der Waals surface area contributed by atoms with Gasteiger partial charge >= 0.3 is 0 Å². The van der Waals surface area contributed by atoms with E-state index in [1.165, 1.54) is 11.6 Å². The number of fused-ring (bicyclic) bond motifs is 3. The van der Waals surface area contributed by atoms with E-state index in [9.17, 15) is 5.26 Å². The van der Waals surface area contributed by atoms with E-state index in [4.69, 9.17) is 11.3 Å². The number of hydrogen-bond acceptors (Lipinski definition) is 2. The van der Waals surface area contributed by atoms with Gasteiger partial charge in [-0.15, -0.1) is 0 Å². The van der Waals surface area contributed by atoms with Crippen molar-refractivity contribution in [3.8, 4) is 39.6 Å². The molecule has 0 radical (unpaired) electrons. The number of furan rings is 1. The van der Waals surface area contributed by atoms with Gasteiger partial charge in [0, 0.05) is 32.1 Å². The number of aryl methyl sites for hydroxylation is 1. The monoisotopic (exact) mass is 488 g/mol. The lowest BCUT2D eigenvalue weighted by molar-refractivity contribution is -0.661. The second-order valence-corrected chi connectivity index (χ2v) is 8.99. The summed E-state index contributed by atoms with van der Waals surface area (Å²) in [5, 5.41) is 11.6. The maximum Gasteiger partial charge on any atom is 0.219 e. The Hall–Kier alpha value is -4.75. The van der Waals surface area contributed by atoms with Crippen molar-refractivity contribution in [2.24, 2.45) is 7.05 Å². The fourth-order valence-corrected chi connectivity index (χ4v) is 4.87. The molecule has 0 aliphatic rings. The largest absolute Gasteiger partial charge is 0.454 e. The van der Waals surface area contributed by atoms with Crippen LogP contribution in [0.2, 0.25) is 0 Å². The Morgan fingerprint density at radius 1 is 0.865 bits per heavy atom. The average molecular weight is 489 g/mol. The molecule has 3 nitrogen and oxygen atoms in total. The molecule has 4 aromatic carbocycles. The molecule has 0 amide bonds. The highest BCUT2D eigenvalue weighted by Gasteiger charge is 2.24. The van der Waals surface area contributed by atoms with Gasteiger partial charge in [0.1, 0.15) is 31.5 Å². The lowest BCUT2D eigenvalue weighted by Gasteiger charge is -2.07. The minimum Gasteiger partial charge on any atom is -0.454 e. The third-order valence-corrected chi connectivity index (χ3v) is 6.73. The predicted molar refractivity (Wildman–Crippen MR) is 145 cm³/mol. The van der Waals surface area contributed by atoms with Crippen LogP contribution in [0.5, 0.6) is 0 Å². The first kappa shape index (κ1) is 17.6. The molecule has 6 rings (SSSR count). The maximum atomic E-state index is 15.4. The van der Waals surface area contributed by atoms with E-state index >= 15 is 4.39 Å². The highest BCUT2D eigenvalue weighted by Crippen LogP contribution is 2.40. The summed E-state index contributed by atoms with van der Waals surface area (Å²) in [4.78, 5) is 0. The van der Waals surface area contributed by atoms with Crippen molar-refractivity contribution in [3.63, 3.8) is 0 Å². The fraction of sp³-hybridized carbons (Fsp3) is 0.0909. The first-order valence-corrected chi connectivity index (χ1v) is 11.8. The molecule has 0 N–H and O–H groups in total. The average Bonchev–Trinajstić information content (AvgIpc) is 3.35. The van der Waals surface area contributed by atoms with Gasteiger partial charge in [0.15, 0.2) is 11.8 Å². The van der Waals surface area contributed by atoms with Crippen LogP contribution in [0.3, 0.4) is 0 Å². The van der Waals surface area contributed by atoms with Crippen molar-refractivity contribution in [3.05, 3.63) is 114 Å². The molecule has 37 heavy (non-hydrogen) atoms. The molecule has 0 aliphatic carbocycles. The van der Waals surface area contributed by atoms with E-state index in [1.807, 2.05) is 72.8 Å². The Morgan fingerprint density at radius 2 is 1.54 bits per heavy atom. The SMILES string of the molecule is [2H]c1c(F)c(C([2H])([2H])[2H])c([2H])[n+](C)c1-c1c(C)ccc2c1oc1c(C#N)c(-c3ccc(-c4ccccc4)cc3)ccc12. The van der Waals surface area contributed by atoms with Crippen molar-refractivity contribution in [1.82, 2.24) is 0 Å². The summed E-state index contributed by atoms with van der Waals surface area (Å²) >= 11 is 0. The Kier molecular flexibility index (Phi) is 4.16. The van der Waals surface area contributed by atoms with E-state index in [2.05, 4.69) is 6.07 Å². The molecular weight excluding hydrogens is 459 g/mol. The van der Waals surface area contributed by atoms with Gasteiger partial charge in [-0.1, -0.05) is 72.8 Å². The minimum atomic E-state index is -2.90. The van der Waals surface area contributed by atoms with E-state index < -0.39 is 30.4 Å². The van der Waals surface area contributed by atoms with Crippen LogP contribution in [0, 0.1) is 30.9 Å². The van der Waals surface area contributed by atoms with Crippen molar-refractivity contribution in [1.29, 1.82) is 5.26 Å². The first-order valence-electron chi connectivity index (χ1n) is 14.3. The number of rotatable bonds is 3. The summed E-state index contributed by atoms with van der Waals surface area (Å²) in [5.41, 5.74) is 4.88. The van der Waals surface area contributed by atoms with Gasteiger partial charge in [0.25, 0.3) is 0 Å². The maximum absolute atomic E-state index is 15.4. The molecule has 0 atom stereocenters. The molecule has 6 aromatic rings. The van der Waals surface area contributed by atoms with Crippen molar-refractivity contribution >= 4 is 21.9 Å². The molecule has 0 bridgehead atoms. The summed E-state index contributed by atoms with van der Waals surface area (Å²) in [6, 6.07) is 26.9. The van der Waals surface area contributed by atoms with Gasteiger partial charge in [-0.3, -0.25) is 0 Å². The van der Waals surface area contributed by atoms with Gasteiger partial charge < -0.3 is 4.42 Å². The topological polar surface area (TPSA) is 40.8 Å². The zero-order chi connectivity index (χ0) is 29.9.